The third-order valence-electron chi connectivity index (χ3n) is 5.61. The van der Waals surface area contributed by atoms with Crippen molar-refractivity contribution in [2.24, 2.45) is 0 Å². The lowest BCUT2D eigenvalue weighted by Crippen LogP contribution is -2.25. The Hall–Kier alpha value is -4.01. The first kappa shape index (κ1) is 22.8. The number of hydrogen-bond acceptors (Lipinski definition) is 4. The van der Waals surface area contributed by atoms with E-state index in [1.807, 2.05) is 41.0 Å². The van der Waals surface area contributed by atoms with Gasteiger partial charge in [-0.1, -0.05) is 30.3 Å². The van der Waals surface area contributed by atoms with Crippen LogP contribution in [0.3, 0.4) is 0 Å². The maximum absolute atomic E-state index is 12.5. The fourth-order valence-corrected chi connectivity index (χ4v) is 3.75. The van der Waals surface area contributed by atoms with E-state index in [9.17, 15) is 18.0 Å². The lowest BCUT2D eigenvalue weighted by molar-refractivity contribution is -0.274. The molecule has 180 valence electrons. The zero-order valence-electron chi connectivity index (χ0n) is 18.6. The van der Waals surface area contributed by atoms with Crippen molar-refractivity contribution in [1.82, 2.24) is 14.9 Å². The number of aromatic nitrogens is 2. The number of nitrogens with one attached hydrogen (secondary N) is 1. The summed E-state index contributed by atoms with van der Waals surface area (Å²) in [5.41, 5.74) is 2.71. The Morgan fingerprint density at radius 1 is 1.00 bits per heavy atom. The number of carbonyl (C=O) groups excluding carboxylic acids is 1. The summed E-state index contributed by atoms with van der Waals surface area (Å²) in [7, 11) is 0. The number of alkyl halides is 3. The molecule has 0 atom stereocenters. The fraction of sp³-hybridized carbons (Fsp3) is 0.231. The molecule has 1 aliphatic rings. The van der Waals surface area contributed by atoms with Crippen LogP contribution in [0, 0.1) is 0 Å². The van der Waals surface area contributed by atoms with Crippen molar-refractivity contribution in [3.8, 4) is 11.5 Å². The molecular formula is C26H22F3N3O3. The van der Waals surface area contributed by atoms with E-state index in [0.717, 1.165) is 23.9 Å². The molecule has 0 spiro atoms. The highest BCUT2D eigenvalue weighted by atomic mass is 19.4. The summed E-state index contributed by atoms with van der Waals surface area (Å²) in [5.74, 6) is 0.894. The minimum atomic E-state index is -4.74. The van der Waals surface area contributed by atoms with Gasteiger partial charge >= 0.3 is 6.36 Å². The van der Waals surface area contributed by atoms with E-state index in [1.165, 1.54) is 12.1 Å². The SMILES string of the molecule is O=C(NC1CC1)c1ccc2c(c1)nc(COc1ccccc1)n2Cc1ccc(OC(F)(F)F)cc1. The van der Waals surface area contributed by atoms with Gasteiger partial charge in [0, 0.05) is 18.2 Å². The van der Waals surface area contributed by atoms with Crippen LogP contribution in [0.25, 0.3) is 11.0 Å². The van der Waals surface area contributed by atoms with E-state index in [0.29, 0.717) is 29.2 Å². The Balaban J connectivity index is 1.43. The lowest BCUT2D eigenvalue weighted by Gasteiger charge is -2.12. The van der Waals surface area contributed by atoms with Gasteiger partial charge in [0.05, 0.1) is 11.0 Å². The highest BCUT2D eigenvalue weighted by Crippen LogP contribution is 2.26. The molecule has 1 N–H and O–H groups in total. The molecule has 1 aliphatic carbocycles. The second kappa shape index (κ2) is 9.32. The summed E-state index contributed by atoms with van der Waals surface area (Å²) in [6.07, 6.45) is -2.75. The summed E-state index contributed by atoms with van der Waals surface area (Å²) < 4.78 is 49.3. The summed E-state index contributed by atoms with van der Waals surface area (Å²) in [4.78, 5) is 17.2. The number of benzene rings is 3. The predicted octanol–water partition coefficient (Wildman–Crippen LogP) is 5.45. The monoisotopic (exact) mass is 481 g/mol. The summed E-state index contributed by atoms with van der Waals surface area (Å²) in [5, 5.41) is 2.97. The van der Waals surface area contributed by atoms with Gasteiger partial charge in [-0.3, -0.25) is 4.79 Å². The average Bonchev–Trinajstić information content (AvgIpc) is 3.58. The van der Waals surface area contributed by atoms with Crippen molar-refractivity contribution < 1.29 is 27.4 Å². The Morgan fingerprint density at radius 2 is 1.74 bits per heavy atom. The van der Waals surface area contributed by atoms with E-state index >= 15 is 0 Å². The predicted molar refractivity (Wildman–Crippen MR) is 123 cm³/mol. The minimum Gasteiger partial charge on any atom is -0.486 e. The van der Waals surface area contributed by atoms with Crippen LogP contribution in [-0.4, -0.2) is 27.9 Å². The topological polar surface area (TPSA) is 65.4 Å². The number of ether oxygens (including phenoxy) is 2. The smallest absolute Gasteiger partial charge is 0.486 e. The molecule has 35 heavy (non-hydrogen) atoms. The number of halogens is 3. The molecule has 1 aromatic heterocycles. The standard InChI is InChI=1S/C26H22F3N3O3/c27-26(28,29)35-21-11-6-17(7-12-21)15-32-23-13-8-18(25(33)30-19-9-10-19)14-22(23)31-24(32)16-34-20-4-2-1-3-5-20/h1-8,11-14,19H,9-10,15-16H2,(H,30,33). The van der Waals surface area contributed by atoms with Crippen LogP contribution in [0.5, 0.6) is 11.5 Å². The molecule has 6 nitrogen and oxygen atoms in total. The number of para-hydroxylation sites is 1. The average molecular weight is 481 g/mol. The highest BCUT2D eigenvalue weighted by molar-refractivity contribution is 5.97. The Kier molecular flexibility index (Phi) is 6.07. The zero-order valence-corrected chi connectivity index (χ0v) is 18.6. The molecule has 0 radical (unpaired) electrons. The summed E-state index contributed by atoms with van der Waals surface area (Å²) in [6.45, 7) is 0.529. The summed E-state index contributed by atoms with van der Waals surface area (Å²) >= 11 is 0. The number of carbonyl (C=O) groups is 1. The van der Waals surface area contributed by atoms with Gasteiger partial charge in [-0.15, -0.1) is 13.2 Å². The van der Waals surface area contributed by atoms with Gasteiger partial charge in [-0.2, -0.15) is 0 Å². The van der Waals surface area contributed by atoms with Gasteiger partial charge in [0.2, 0.25) is 0 Å². The first-order valence-electron chi connectivity index (χ1n) is 11.2. The maximum atomic E-state index is 12.5. The quantitative estimate of drug-likeness (QED) is 0.363. The number of rotatable bonds is 8. The first-order valence-corrected chi connectivity index (χ1v) is 11.2. The van der Waals surface area contributed by atoms with E-state index in [-0.39, 0.29) is 24.3 Å². The molecule has 1 amide bonds. The molecule has 0 unspecified atom stereocenters. The van der Waals surface area contributed by atoms with Gasteiger partial charge < -0.3 is 19.4 Å². The third kappa shape index (κ3) is 5.74. The Bertz CT molecular complexity index is 1330. The molecule has 9 heteroatoms. The number of nitrogens with zero attached hydrogens (tertiary/aromatic N) is 2. The van der Waals surface area contributed by atoms with Crippen molar-refractivity contribution in [3.05, 3.63) is 89.7 Å². The Morgan fingerprint density at radius 3 is 2.43 bits per heavy atom. The van der Waals surface area contributed by atoms with Gasteiger partial charge in [0.15, 0.2) is 0 Å². The molecule has 0 saturated heterocycles. The van der Waals surface area contributed by atoms with E-state index < -0.39 is 6.36 Å². The van der Waals surface area contributed by atoms with Crippen molar-refractivity contribution >= 4 is 16.9 Å². The van der Waals surface area contributed by atoms with Gasteiger partial charge in [-0.05, 0) is 60.9 Å². The number of fused-ring (bicyclic) bond motifs is 1. The van der Waals surface area contributed by atoms with Crippen LogP contribution in [0.2, 0.25) is 0 Å². The van der Waals surface area contributed by atoms with Crippen molar-refractivity contribution in [2.75, 3.05) is 0 Å². The number of imidazole rings is 1. The normalized spacial score (nSPS) is 13.6. The van der Waals surface area contributed by atoms with Gasteiger partial charge in [-0.25, -0.2) is 4.98 Å². The lowest BCUT2D eigenvalue weighted by atomic mass is 10.1. The molecule has 5 rings (SSSR count). The maximum Gasteiger partial charge on any atom is 0.573 e. The van der Waals surface area contributed by atoms with E-state index in [4.69, 9.17) is 9.72 Å². The van der Waals surface area contributed by atoms with Crippen LogP contribution in [-0.2, 0) is 13.2 Å². The molecule has 1 fully saturated rings. The summed E-state index contributed by atoms with van der Waals surface area (Å²) in [6, 6.07) is 20.6. The van der Waals surface area contributed by atoms with Gasteiger partial charge in [0.1, 0.15) is 23.9 Å². The van der Waals surface area contributed by atoms with Gasteiger partial charge in [0.25, 0.3) is 5.91 Å². The van der Waals surface area contributed by atoms with Crippen LogP contribution in [0.4, 0.5) is 13.2 Å². The first-order chi connectivity index (χ1) is 16.8. The molecule has 4 aromatic rings. The zero-order chi connectivity index (χ0) is 24.4. The molecule has 0 aliphatic heterocycles. The largest absolute Gasteiger partial charge is 0.573 e. The molecule has 3 aromatic carbocycles. The second-order valence-electron chi connectivity index (χ2n) is 8.36. The molecule has 1 saturated carbocycles. The van der Waals surface area contributed by atoms with Crippen molar-refractivity contribution in [1.29, 1.82) is 0 Å². The van der Waals surface area contributed by atoms with Crippen LogP contribution < -0.4 is 14.8 Å². The fourth-order valence-electron chi connectivity index (χ4n) is 3.75. The minimum absolute atomic E-state index is 0.133. The van der Waals surface area contributed by atoms with Crippen LogP contribution >= 0.6 is 0 Å². The van der Waals surface area contributed by atoms with Crippen molar-refractivity contribution in [2.45, 2.75) is 38.4 Å². The molecule has 0 bridgehead atoms. The van der Waals surface area contributed by atoms with E-state index in [2.05, 4.69) is 10.1 Å². The number of amides is 1. The second-order valence-corrected chi connectivity index (χ2v) is 8.36. The molecule has 1 heterocycles. The number of hydrogen-bond donors (Lipinski definition) is 1. The highest BCUT2D eigenvalue weighted by Gasteiger charge is 2.31. The van der Waals surface area contributed by atoms with E-state index in [1.54, 1.807) is 24.3 Å². The van der Waals surface area contributed by atoms with Crippen LogP contribution in [0.1, 0.15) is 34.6 Å². The third-order valence-corrected chi connectivity index (χ3v) is 5.61. The Labute approximate surface area is 199 Å². The molecular weight excluding hydrogens is 459 g/mol. The van der Waals surface area contributed by atoms with Crippen molar-refractivity contribution in [3.63, 3.8) is 0 Å². The van der Waals surface area contributed by atoms with Crippen LogP contribution in [0.15, 0.2) is 72.8 Å².